The van der Waals surface area contributed by atoms with Crippen LogP contribution in [0.2, 0.25) is 0 Å². The quantitative estimate of drug-likeness (QED) is 0.543. The molecule has 0 radical (unpaired) electrons. The number of carbonyl (C=O) groups is 2. The Balaban J connectivity index is 1.37. The van der Waals surface area contributed by atoms with Crippen LogP contribution in [0.25, 0.3) is 0 Å². The molecule has 0 atom stereocenters. The van der Waals surface area contributed by atoms with Crippen molar-refractivity contribution in [2.24, 2.45) is 0 Å². The van der Waals surface area contributed by atoms with Gasteiger partial charge >= 0.3 is 0 Å². The minimum Gasteiger partial charge on any atom is -0.368 e. The third-order valence-corrected chi connectivity index (χ3v) is 7.29. The first-order chi connectivity index (χ1) is 16.2. The summed E-state index contributed by atoms with van der Waals surface area (Å²) in [5, 5.41) is 0. The molecule has 34 heavy (non-hydrogen) atoms. The van der Waals surface area contributed by atoms with E-state index in [2.05, 4.69) is 34.7 Å². The van der Waals surface area contributed by atoms with Crippen molar-refractivity contribution in [2.45, 2.75) is 18.7 Å². The highest BCUT2D eigenvalue weighted by atomic mass is 32.2. The zero-order chi connectivity index (χ0) is 24.3. The lowest BCUT2D eigenvalue weighted by molar-refractivity contribution is 0.0746. The summed E-state index contributed by atoms with van der Waals surface area (Å²) in [4.78, 5) is 28.5. The molecule has 176 valence electrons. The van der Waals surface area contributed by atoms with Gasteiger partial charge in [-0.3, -0.25) is 14.3 Å². The van der Waals surface area contributed by atoms with Gasteiger partial charge < -0.3 is 9.80 Å². The van der Waals surface area contributed by atoms with Crippen LogP contribution in [-0.2, 0) is 10.0 Å². The maximum atomic E-state index is 12.9. The molecule has 0 spiro atoms. The highest BCUT2D eigenvalue weighted by molar-refractivity contribution is 7.92. The zero-order valence-electron chi connectivity index (χ0n) is 19.2. The molecule has 1 fully saturated rings. The van der Waals surface area contributed by atoms with Gasteiger partial charge in [0, 0.05) is 48.7 Å². The Bertz CT molecular complexity index is 1290. The van der Waals surface area contributed by atoms with Crippen molar-refractivity contribution in [1.82, 2.24) is 4.90 Å². The van der Waals surface area contributed by atoms with Crippen molar-refractivity contribution in [3.63, 3.8) is 0 Å². The number of piperazine rings is 1. The number of anilines is 2. The van der Waals surface area contributed by atoms with E-state index >= 15 is 0 Å². The number of benzene rings is 3. The Morgan fingerprint density at radius 2 is 1.44 bits per heavy atom. The molecular formula is C26H27N3O4S. The molecule has 0 saturated carbocycles. The van der Waals surface area contributed by atoms with E-state index in [1.54, 1.807) is 24.3 Å². The number of Topliss-reactive ketones (excluding diaryl/α,β-unsaturated/α-hetero) is 1. The number of rotatable bonds is 6. The predicted octanol–water partition coefficient (Wildman–Crippen LogP) is 3.96. The minimum atomic E-state index is -3.81. The van der Waals surface area contributed by atoms with Crippen molar-refractivity contribution < 1.29 is 18.0 Å². The van der Waals surface area contributed by atoms with Crippen molar-refractivity contribution >= 4 is 33.1 Å². The van der Waals surface area contributed by atoms with E-state index in [1.807, 2.05) is 11.0 Å². The summed E-state index contributed by atoms with van der Waals surface area (Å²) in [5.74, 6) is -0.202. The van der Waals surface area contributed by atoms with E-state index in [0.29, 0.717) is 29.9 Å². The first kappa shape index (κ1) is 23.5. The predicted molar refractivity (Wildman–Crippen MR) is 133 cm³/mol. The lowest BCUT2D eigenvalue weighted by atomic mass is 10.1. The molecule has 0 aromatic heterocycles. The van der Waals surface area contributed by atoms with E-state index in [-0.39, 0.29) is 16.6 Å². The van der Waals surface area contributed by atoms with Crippen LogP contribution in [0.3, 0.4) is 0 Å². The number of nitrogens with zero attached hydrogens (tertiary/aromatic N) is 2. The normalized spacial score (nSPS) is 14.1. The number of ketones is 1. The number of amides is 1. The van der Waals surface area contributed by atoms with Gasteiger partial charge in [-0.15, -0.1) is 0 Å². The topological polar surface area (TPSA) is 86.8 Å². The second-order valence-electron chi connectivity index (χ2n) is 8.38. The minimum absolute atomic E-state index is 0.0594. The summed E-state index contributed by atoms with van der Waals surface area (Å²) in [7, 11) is -3.81. The standard InChI is InChI=1S/C26H27N3O4S/c1-19-4-3-5-24(18-19)28-14-16-29(17-15-28)26(31)22-6-10-23(11-7-22)27-34(32,33)25-12-8-21(9-13-25)20(2)30/h3-13,18,27H,14-17H2,1-2H3. The highest BCUT2D eigenvalue weighted by Crippen LogP contribution is 2.21. The SMILES string of the molecule is CC(=O)c1ccc(S(=O)(=O)Nc2ccc(C(=O)N3CCN(c4cccc(C)c4)CC3)cc2)cc1. The van der Waals surface area contributed by atoms with Crippen molar-refractivity contribution in [3.05, 3.63) is 89.5 Å². The van der Waals surface area contributed by atoms with Gasteiger partial charge in [-0.25, -0.2) is 8.42 Å². The van der Waals surface area contributed by atoms with Crippen molar-refractivity contribution in [3.8, 4) is 0 Å². The molecule has 1 heterocycles. The fourth-order valence-corrected chi connectivity index (χ4v) is 5.00. The summed E-state index contributed by atoms with van der Waals surface area (Å²) in [5.41, 5.74) is 3.69. The van der Waals surface area contributed by atoms with Gasteiger partial charge in [-0.05, 0) is 67.9 Å². The second-order valence-corrected chi connectivity index (χ2v) is 10.1. The molecular weight excluding hydrogens is 450 g/mol. The largest absolute Gasteiger partial charge is 0.368 e. The maximum Gasteiger partial charge on any atom is 0.261 e. The van der Waals surface area contributed by atoms with Crippen LogP contribution in [0.1, 0.15) is 33.2 Å². The summed E-state index contributed by atoms with van der Waals surface area (Å²) in [6.07, 6.45) is 0. The van der Waals surface area contributed by atoms with Gasteiger partial charge in [-0.2, -0.15) is 0 Å². The lowest BCUT2D eigenvalue weighted by Crippen LogP contribution is -2.48. The molecule has 7 nitrogen and oxygen atoms in total. The Labute approximate surface area is 200 Å². The Kier molecular flexibility index (Phi) is 6.70. The third-order valence-electron chi connectivity index (χ3n) is 5.89. The first-order valence-electron chi connectivity index (χ1n) is 11.1. The molecule has 1 saturated heterocycles. The monoisotopic (exact) mass is 477 g/mol. The molecule has 3 aromatic rings. The molecule has 0 bridgehead atoms. The Morgan fingerprint density at radius 1 is 0.824 bits per heavy atom. The number of carbonyl (C=O) groups excluding carboxylic acids is 2. The summed E-state index contributed by atoms with van der Waals surface area (Å²) in [6.45, 7) is 6.26. The molecule has 1 aliphatic heterocycles. The molecule has 0 aliphatic carbocycles. The second kappa shape index (κ2) is 9.69. The number of nitrogens with one attached hydrogen (secondary N) is 1. The summed E-state index contributed by atoms with van der Waals surface area (Å²) in [6, 6.07) is 20.5. The Hall–Kier alpha value is -3.65. The van der Waals surface area contributed by atoms with Gasteiger partial charge in [0.2, 0.25) is 0 Å². The molecule has 4 rings (SSSR count). The van der Waals surface area contributed by atoms with E-state index < -0.39 is 10.0 Å². The highest BCUT2D eigenvalue weighted by Gasteiger charge is 2.23. The number of aryl methyl sites for hydroxylation is 1. The number of sulfonamides is 1. The molecule has 1 amide bonds. The number of hydrogen-bond acceptors (Lipinski definition) is 5. The Morgan fingerprint density at radius 3 is 2.03 bits per heavy atom. The van der Waals surface area contributed by atoms with Gasteiger partial charge in [-0.1, -0.05) is 24.3 Å². The molecule has 1 N–H and O–H groups in total. The zero-order valence-corrected chi connectivity index (χ0v) is 20.0. The van der Waals surface area contributed by atoms with Gasteiger partial charge in [0.05, 0.1) is 4.90 Å². The van der Waals surface area contributed by atoms with E-state index in [0.717, 1.165) is 13.1 Å². The number of hydrogen-bond donors (Lipinski definition) is 1. The van der Waals surface area contributed by atoms with Crippen LogP contribution in [0.5, 0.6) is 0 Å². The van der Waals surface area contributed by atoms with Crippen LogP contribution in [0, 0.1) is 6.92 Å². The van der Waals surface area contributed by atoms with E-state index in [9.17, 15) is 18.0 Å². The van der Waals surface area contributed by atoms with E-state index in [4.69, 9.17) is 0 Å². The third kappa shape index (κ3) is 5.28. The molecule has 1 aliphatic rings. The fourth-order valence-electron chi connectivity index (χ4n) is 3.94. The molecule has 3 aromatic carbocycles. The summed E-state index contributed by atoms with van der Waals surface area (Å²) < 4.78 is 27.8. The van der Waals surface area contributed by atoms with Crippen molar-refractivity contribution in [2.75, 3.05) is 35.8 Å². The average Bonchev–Trinajstić information content (AvgIpc) is 2.84. The van der Waals surface area contributed by atoms with Gasteiger partial charge in [0.25, 0.3) is 15.9 Å². The first-order valence-corrected chi connectivity index (χ1v) is 12.6. The van der Waals surface area contributed by atoms with Crippen LogP contribution in [0.4, 0.5) is 11.4 Å². The van der Waals surface area contributed by atoms with Gasteiger partial charge in [0.15, 0.2) is 5.78 Å². The van der Waals surface area contributed by atoms with Crippen LogP contribution < -0.4 is 9.62 Å². The summed E-state index contributed by atoms with van der Waals surface area (Å²) >= 11 is 0. The fraction of sp³-hybridized carbons (Fsp3) is 0.231. The molecule has 0 unspecified atom stereocenters. The average molecular weight is 478 g/mol. The maximum absolute atomic E-state index is 12.9. The lowest BCUT2D eigenvalue weighted by Gasteiger charge is -2.36. The molecule has 8 heteroatoms. The van der Waals surface area contributed by atoms with Crippen molar-refractivity contribution in [1.29, 1.82) is 0 Å². The van der Waals surface area contributed by atoms with Crippen LogP contribution in [0.15, 0.2) is 77.7 Å². The van der Waals surface area contributed by atoms with Crippen LogP contribution >= 0.6 is 0 Å². The van der Waals surface area contributed by atoms with Gasteiger partial charge in [0.1, 0.15) is 0 Å². The van der Waals surface area contributed by atoms with E-state index in [1.165, 1.54) is 42.4 Å². The van der Waals surface area contributed by atoms with Crippen LogP contribution in [-0.4, -0.2) is 51.2 Å². The smallest absolute Gasteiger partial charge is 0.261 e.